The van der Waals surface area contributed by atoms with Crippen LogP contribution < -0.4 is 10.6 Å². The summed E-state index contributed by atoms with van der Waals surface area (Å²) in [7, 11) is 0. The Bertz CT molecular complexity index is 948. The lowest BCUT2D eigenvalue weighted by molar-refractivity contribution is -0.384. The van der Waals surface area contributed by atoms with Gasteiger partial charge in [0.2, 0.25) is 5.91 Å². The van der Waals surface area contributed by atoms with Crippen LogP contribution in [0.2, 0.25) is 0 Å². The van der Waals surface area contributed by atoms with E-state index < -0.39 is 4.92 Å². The number of hydrogen-bond donors (Lipinski definition) is 2. The number of rotatable bonds is 10. The Morgan fingerprint density at radius 1 is 1.12 bits per heavy atom. The molecule has 1 fully saturated rings. The Balaban J connectivity index is 1.59. The molecule has 0 spiro atoms. The third kappa shape index (κ3) is 7.53. The molecule has 2 aromatic rings. The van der Waals surface area contributed by atoms with Gasteiger partial charge in [-0.1, -0.05) is 30.3 Å². The smallest absolute Gasteiger partial charge is 0.322 e. The lowest BCUT2D eigenvalue weighted by atomic mass is 10.1. The molecule has 2 N–H and O–H groups in total. The van der Waals surface area contributed by atoms with Crippen molar-refractivity contribution in [2.75, 3.05) is 51.3 Å². The second-order valence-corrected chi connectivity index (χ2v) is 8.07. The van der Waals surface area contributed by atoms with Crippen LogP contribution in [-0.2, 0) is 9.53 Å². The van der Waals surface area contributed by atoms with E-state index in [1.807, 2.05) is 37.3 Å². The molecular weight excluding hydrogens is 438 g/mol. The maximum absolute atomic E-state index is 13.1. The Labute approximate surface area is 199 Å². The van der Waals surface area contributed by atoms with Crippen LogP contribution in [-0.4, -0.2) is 72.6 Å². The maximum Gasteiger partial charge on any atom is 0.322 e. The highest BCUT2D eigenvalue weighted by molar-refractivity contribution is 5.90. The number of carbonyl (C=O) groups excluding carboxylic acids is 2. The number of nitrogens with one attached hydrogen (secondary N) is 2. The van der Waals surface area contributed by atoms with Gasteiger partial charge < -0.3 is 20.3 Å². The zero-order valence-corrected chi connectivity index (χ0v) is 19.3. The van der Waals surface area contributed by atoms with Crippen molar-refractivity contribution in [3.8, 4) is 0 Å². The highest BCUT2D eigenvalue weighted by atomic mass is 16.6. The molecule has 182 valence electrons. The minimum atomic E-state index is -0.493. The first kappa shape index (κ1) is 25.1. The zero-order chi connectivity index (χ0) is 24.3. The molecule has 34 heavy (non-hydrogen) atoms. The topological polar surface area (TPSA) is 117 Å². The number of ether oxygens (including phenoxy) is 1. The van der Waals surface area contributed by atoms with E-state index >= 15 is 0 Å². The third-order valence-corrected chi connectivity index (χ3v) is 5.77. The van der Waals surface area contributed by atoms with E-state index in [0.29, 0.717) is 25.4 Å². The number of benzene rings is 2. The van der Waals surface area contributed by atoms with Crippen LogP contribution in [0.5, 0.6) is 0 Å². The number of anilines is 1. The van der Waals surface area contributed by atoms with Crippen molar-refractivity contribution in [1.82, 2.24) is 15.1 Å². The molecular formula is C24H31N5O5. The summed E-state index contributed by atoms with van der Waals surface area (Å²) < 4.78 is 5.33. The van der Waals surface area contributed by atoms with Crippen molar-refractivity contribution in [2.24, 2.45) is 0 Å². The van der Waals surface area contributed by atoms with Gasteiger partial charge in [0.15, 0.2) is 0 Å². The van der Waals surface area contributed by atoms with Crippen LogP contribution in [0.1, 0.15) is 24.9 Å². The number of hydrogen-bond acceptors (Lipinski definition) is 6. The average Bonchev–Trinajstić information content (AvgIpc) is 2.85. The monoisotopic (exact) mass is 469 g/mol. The van der Waals surface area contributed by atoms with Crippen molar-refractivity contribution in [3.63, 3.8) is 0 Å². The number of urea groups is 1. The number of nitro benzene ring substituents is 1. The van der Waals surface area contributed by atoms with Gasteiger partial charge in [0.25, 0.3) is 5.69 Å². The molecule has 0 saturated carbocycles. The Kier molecular flexibility index (Phi) is 9.36. The molecule has 1 aliphatic heterocycles. The number of amides is 3. The summed E-state index contributed by atoms with van der Waals surface area (Å²) in [5, 5.41) is 16.6. The molecule has 0 bridgehead atoms. The number of nitro groups is 1. The van der Waals surface area contributed by atoms with Gasteiger partial charge in [-0.25, -0.2) is 4.79 Å². The summed E-state index contributed by atoms with van der Waals surface area (Å²) in [6.07, 6.45) is 0.161. The molecule has 2 aromatic carbocycles. The lowest BCUT2D eigenvalue weighted by Gasteiger charge is -2.30. The summed E-state index contributed by atoms with van der Waals surface area (Å²) in [5.41, 5.74) is 1.33. The van der Waals surface area contributed by atoms with E-state index in [2.05, 4.69) is 15.5 Å². The molecule has 1 saturated heterocycles. The third-order valence-electron chi connectivity index (χ3n) is 5.77. The second-order valence-electron chi connectivity index (χ2n) is 8.07. The van der Waals surface area contributed by atoms with Crippen LogP contribution in [0, 0.1) is 10.1 Å². The van der Waals surface area contributed by atoms with Gasteiger partial charge in [-0.15, -0.1) is 0 Å². The molecule has 0 aromatic heterocycles. The van der Waals surface area contributed by atoms with Gasteiger partial charge in [-0.2, -0.15) is 0 Å². The van der Waals surface area contributed by atoms with Gasteiger partial charge in [-0.3, -0.25) is 19.8 Å². The largest absolute Gasteiger partial charge is 0.379 e. The summed E-state index contributed by atoms with van der Waals surface area (Å²) in [6.45, 7) is 6.58. The molecule has 1 atom stereocenters. The van der Waals surface area contributed by atoms with Crippen LogP contribution in [0.3, 0.4) is 0 Å². The number of nitrogens with zero attached hydrogens (tertiary/aromatic N) is 3. The summed E-state index contributed by atoms with van der Waals surface area (Å²) >= 11 is 0. The van der Waals surface area contributed by atoms with Gasteiger partial charge in [-0.05, 0) is 24.6 Å². The zero-order valence-electron chi connectivity index (χ0n) is 19.3. The average molecular weight is 470 g/mol. The maximum atomic E-state index is 13.1. The number of morpholine rings is 1. The summed E-state index contributed by atoms with van der Waals surface area (Å²) in [6, 6.07) is 14.5. The first-order valence-corrected chi connectivity index (χ1v) is 11.4. The van der Waals surface area contributed by atoms with E-state index in [1.165, 1.54) is 24.3 Å². The fraction of sp³-hybridized carbons (Fsp3) is 0.417. The molecule has 1 aliphatic rings. The van der Waals surface area contributed by atoms with Crippen LogP contribution in [0.25, 0.3) is 0 Å². The minimum absolute atomic E-state index is 0.0544. The molecule has 3 amide bonds. The summed E-state index contributed by atoms with van der Waals surface area (Å²) in [5.74, 6) is -0.123. The van der Waals surface area contributed by atoms with Gasteiger partial charge >= 0.3 is 6.03 Å². The van der Waals surface area contributed by atoms with Crippen molar-refractivity contribution in [1.29, 1.82) is 0 Å². The predicted molar refractivity (Wildman–Crippen MR) is 129 cm³/mol. The minimum Gasteiger partial charge on any atom is -0.379 e. The van der Waals surface area contributed by atoms with E-state index in [0.717, 1.165) is 25.2 Å². The van der Waals surface area contributed by atoms with Crippen LogP contribution in [0.4, 0.5) is 16.2 Å². The van der Waals surface area contributed by atoms with Gasteiger partial charge in [0.1, 0.15) is 0 Å². The Hall–Kier alpha value is -3.50. The summed E-state index contributed by atoms with van der Waals surface area (Å²) in [4.78, 5) is 39.8. The highest BCUT2D eigenvalue weighted by Gasteiger charge is 2.23. The van der Waals surface area contributed by atoms with Gasteiger partial charge in [0, 0.05) is 57.0 Å². The first-order valence-electron chi connectivity index (χ1n) is 11.4. The molecule has 1 unspecified atom stereocenters. The quantitative estimate of drug-likeness (QED) is 0.408. The Morgan fingerprint density at radius 3 is 2.44 bits per heavy atom. The SMILES string of the molecule is CC(c1ccccc1)N(CCC(=O)NCCN1CCOCC1)C(=O)Nc1ccc([N+](=O)[O-])cc1. The van der Waals surface area contributed by atoms with Crippen molar-refractivity contribution in [2.45, 2.75) is 19.4 Å². The first-order chi connectivity index (χ1) is 16.4. The fourth-order valence-electron chi connectivity index (χ4n) is 3.73. The second kappa shape index (κ2) is 12.7. The predicted octanol–water partition coefficient (Wildman–Crippen LogP) is 3.03. The van der Waals surface area contributed by atoms with Gasteiger partial charge in [0.05, 0.1) is 24.2 Å². The van der Waals surface area contributed by atoms with E-state index in [4.69, 9.17) is 4.74 Å². The molecule has 0 radical (unpaired) electrons. The lowest BCUT2D eigenvalue weighted by Crippen LogP contribution is -2.42. The normalized spacial score (nSPS) is 14.7. The molecule has 3 rings (SSSR count). The van der Waals surface area contributed by atoms with Crippen molar-refractivity contribution in [3.05, 3.63) is 70.3 Å². The van der Waals surface area contributed by atoms with Crippen LogP contribution in [0.15, 0.2) is 54.6 Å². The molecule has 10 heteroatoms. The van der Waals surface area contributed by atoms with E-state index in [1.54, 1.807) is 4.90 Å². The number of carbonyl (C=O) groups is 2. The van der Waals surface area contributed by atoms with Crippen molar-refractivity contribution >= 4 is 23.3 Å². The molecule has 0 aliphatic carbocycles. The van der Waals surface area contributed by atoms with Crippen LogP contribution >= 0.6 is 0 Å². The number of non-ortho nitro benzene ring substituents is 1. The molecule has 10 nitrogen and oxygen atoms in total. The standard InChI is InChI=1S/C24H31N5O5/c1-19(20-5-3-2-4-6-20)28(24(31)26-21-7-9-22(10-8-21)29(32)33)13-11-23(30)25-12-14-27-15-17-34-18-16-27/h2-10,19H,11-18H2,1H3,(H,25,30)(H,26,31). The molecule has 1 heterocycles. The fourth-order valence-corrected chi connectivity index (χ4v) is 3.73. The highest BCUT2D eigenvalue weighted by Crippen LogP contribution is 2.22. The van der Waals surface area contributed by atoms with Crippen molar-refractivity contribution < 1.29 is 19.2 Å². The van der Waals surface area contributed by atoms with E-state index in [9.17, 15) is 19.7 Å². The Morgan fingerprint density at radius 2 is 1.79 bits per heavy atom. The van der Waals surface area contributed by atoms with E-state index in [-0.39, 0.29) is 36.6 Å².